The highest BCUT2D eigenvalue weighted by molar-refractivity contribution is 6.31. The van der Waals surface area contributed by atoms with E-state index in [-0.39, 0.29) is 17.7 Å². The van der Waals surface area contributed by atoms with Crippen molar-refractivity contribution in [1.82, 2.24) is 10.2 Å². The topological polar surface area (TPSA) is 54.7 Å². The average molecular weight is 387 g/mol. The standard InChI is InChI=1S/C21H23ClN2O3/c1-24(2)18(15-9-4-6-10-17(15)22)12-23-21(25)20-16(13-26-3)14-8-5-7-11-19(14)27-20/h4-11,18H,12-13H2,1-3H3,(H,23,25). The van der Waals surface area contributed by atoms with E-state index in [0.29, 0.717) is 23.8 Å². The number of furan rings is 1. The SMILES string of the molecule is COCc1c(C(=O)NCC(c2ccccc2Cl)N(C)C)oc2ccccc12. The molecule has 0 radical (unpaired) electrons. The molecule has 1 amide bonds. The Morgan fingerprint density at radius 3 is 2.59 bits per heavy atom. The molecule has 0 saturated heterocycles. The minimum atomic E-state index is -0.267. The average Bonchev–Trinajstić information content (AvgIpc) is 3.02. The lowest BCUT2D eigenvalue weighted by molar-refractivity contribution is 0.0909. The summed E-state index contributed by atoms with van der Waals surface area (Å²) in [6.45, 7) is 0.709. The van der Waals surface area contributed by atoms with Gasteiger partial charge in [0.05, 0.1) is 12.6 Å². The molecule has 1 N–H and O–H groups in total. The second-order valence-corrected chi connectivity index (χ2v) is 6.96. The zero-order valence-electron chi connectivity index (χ0n) is 15.7. The number of carbonyl (C=O) groups excluding carboxylic acids is 1. The van der Waals surface area contributed by atoms with E-state index in [0.717, 1.165) is 16.5 Å². The van der Waals surface area contributed by atoms with E-state index < -0.39 is 0 Å². The monoisotopic (exact) mass is 386 g/mol. The Kier molecular flexibility index (Phi) is 6.16. The van der Waals surface area contributed by atoms with Gasteiger partial charge in [-0.2, -0.15) is 0 Å². The third kappa shape index (κ3) is 4.16. The van der Waals surface area contributed by atoms with Crippen LogP contribution in [-0.2, 0) is 11.3 Å². The van der Waals surface area contributed by atoms with Crippen molar-refractivity contribution in [3.8, 4) is 0 Å². The number of para-hydroxylation sites is 1. The minimum absolute atomic E-state index is 0.0575. The van der Waals surface area contributed by atoms with Gasteiger partial charge in [0, 0.05) is 29.6 Å². The highest BCUT2D eigenvalue weighted by Gasteiger charge is 2.23. The van der Waals surface area contributed by atoms with Crippen molar-refractivity contribution in [3.63, 3.8) is 0 Å². The first-order chi connectivity index (χ1) is 13.0. The van der Waals surface area contributed by atoms with Gasteiger partial charge in [0.15, 0.2) is 5.76 Å². The van der Waals surface area contributed by atoms with Crippen LogP contribution in [0, 0.1) is 0 Å². The van der Waals surface area contributed by atoms with Gasteiger partial charge in [0.2, 0.25) is 0 Å². The zero-order valence-corrected chi connectivity index (χ0v) is 16.4. The molecule has 3 aromatic rings. The van der Waals surface area contributed by atoms with Crippen LogP contribution in [0.2, 0.25) is 5.02 Å². The van der Waals surface area contributed by atoms with Crippen molar-refractivity contribution < 1.29 is 13.9 Å². The van der Waals surface area contributed by atoms with Crippen molar-refractivity contribution in [3.05, 3.63) is 70.4 Å². The molecule has 0 aliphatic heterocycles. The van der Waals surface area contributed by atoms with E-state index in [4.69, 9.17) is 20.8 Å². The number of rotatable bonds is 7. The number of carbonyl (C=O) groups is 1. The minimum Gasteiger partial charge on any atom is -0.451 e. The van der Waals surface area contributed by atoms with E-state index in [1.54, 1.807) is 7.11 Å². The van der Waals surface area contributed by atoms with E-state index >= 15 is 0 Å². The number of amides is 1. The summed E-state index contributed by atoms with van der Waals surface area (Å²) in [5.74, 6) is 0.0202. The maximum absolute atomic E-state index is 12.8. The Morgan fingerprint density at radius 1 is 1.19 bits per heavy atom. The van der Waals surface area contributed by atoms with Gasteiger partial charge < -0.3 is 19.4 Å². The summed E-state index contributed by atoms with van der Waals surface area (Å²) >= 11 is 6.34. The maximum atomic E-state index is 12.8. The van der Waals surface area contributed by atoms with Crippen molar-refractivity contribution in [2.75, 3.05) is 27.7 Å². The van der Waals surface area contributed by atoms with Crippen LogP contribution >= 0.6 is 11.6 Å². The normalized spacial score (nSPS) is 12.5. The van der Waals surface area contributed by atoms with Crippen LogP contribution in [0.25, 0.3) is 11.0 Å². The number of hydrogen-bond acceptors (Lipinski definition) is 4. The smallest absolute Gasteiger partial charge is 0.287 e. The van der Waals surface area contributed by atoms with Gasteiger partial charge in [-0.15, -0.1) is 0 Å². The number of nitrogens with zero attached hydrogens (tertiary/aromatic N) is 1. The lowest BCUT2D eigenvalue weighted by atomic mass is 10.1. The molecular weight excluding hydrogens is 364 g/mol. The lowest BCUT2D eigenvalue weighted by Gasteiger charge is -2.25. The first-order valence-electron chi connectivity index (χ1n) is 8.71. The maximum Gasteiger partial charge on any atom is 0.287 e. The van der Waals surface area contributed by atoms with Crippen LogP contribution in [0.15, 0.2) is 52.9 Å². The highest BCUT2D eigenvalue weighted by Crippen LogP contribution is 2.28. The van der Waals surface area contributed by atoms with Crippen LogP contribution in [0.3, 0.4) is 0 Å². The van der Waals surface area contributed by atoms with Gasteiger partial charge in [-0.25, -0.2) is 0 Å². The summed E-state index contributed by atoms with van der Waals surface area (Å²) in [6, 6.07) is 15.2. The van der Waals surface area contributed by atoms with Crippen molar-refractivity contribution >= 4 is 28.5 Å². The summed E-state index contributed by atoms with van der Waals surface area (Å²) in [6.07, 6.45) is 0. The molecule has 0 aliphatic carbocycles. The molecule has 3 rings (SSSR count). The predicted octanol–water partition coefficient (Wildman–Crippen LogP) is 4.27. The molecule has 5 nitrogen and oxygen atoms in total. The van der Waals surface area contributed by atoms with Crippen molar-refractivity contribution in [2.45, 2.75) is 12.6 Å². The van der Waals surface area contributed by atoms with Crippen LogP contribution in [0.4, 0.5) is 0 Å². The number of methoxy groups -OCH3 is 1. The molecule has 1 aromatic heterocycles. The molecule has 142 valence electrons. The molecule has 1 atom stereocenters. The first kappa shape index (κ1) is 19.4. The number of benzene rings is 2. The third-order valence-electron chi connectivity index (χ3n) is 4.54. The summed E-state index contributed by atoms with van der Waals surface area (Å²) < 4.78 is 11.1. The second kappa shape index (κ2) is 8.57. The number of fused-ring (bicyclic) bond motifs is 1. The van der Waals surface area contributed by atoms with E-state index in [2.05, 4.69) is 5.32 Å². The first-order valence-corrected chi connectivity index (χ1v) is 9.09. The molecular formula is C21H23ClN2O3. The van der Waals surface area contributed by atoms with E-state index in [1.165, 1.54) is 0 Å². The van der Waals surface area contributed by atoms with Crippen LogP contribution < -0.4 is 5.32 Å². The molecule has 1 heterocycles. The number of ether oxygens (including phenoxy) is 1. The van der Waals surface area contributed by atoms with Crippen LogP contribution in [0.5, 0.6) is 0 Å². The van der Waals surface area contributed by atoms with Crippen molar-refractivity contribution in [1.29, 1.82) is 0 Å². The Balaban J connectivity index is 1.83. The number of likely N-dealkylation sites (N-methyl/N-ethyl adjacent to an activating group) is 1. The Hall–Kier alpha value is -2.34. The molecule has 1 unspecified atom stereocenters. The van der Waals surface area contributed by atoms with Gasteiger partial charge >= 0.3 is 0 Å². The van der Waals surface area contributed by atoms with Gasteiger partial charge in [-0.05, 0) is 31.8 Å². The Labute approximate surface area is 163 Å². The fraction of sp³-hybridized carbons (Fsp3) is 0.286. The van der Waals surface area contributed by atoms with Gasteiger partial charge in [-0.1, -0.05) is 48.0 Å². The molecule has 27 heavy (non-hydrogen) atoms. The summed E-state index contributed by atoms with van der Waals surface area (Å²) in [4.78, 5) is 14.9. The quantitative estimate of drug-likeness (QED) is 0.659. The molecule has 0 fully saturated rings. The number of nitrogens with one attached hydrogen (secondary N) is 1. The van der Waals surface area contributed by atoms with Crippen LogP contribution in [-0.4, -0.2) is 38.6 Å². The van der Waals surface area contributed by atoms with E-state index in [9.17, 15) is 4.79 Å². The fourth-order valence-corrected chi connectivity index (χ4v) is 3.42. The molecule has 6 heteroatoms. The molecule has 2 aromatic carbocycles. The predicted molar refractivity (Wildman–Crippen MR) is 107 cm³/mol. The Bertz CT molecular complexity index is 936. The molecule has 0 saturated carbocycles. The molecule has 0 bridgehead atoms. The fourth-order valence-electron chi connectivity index (χ4n) is 3.16. The Morgan fingerprint density at radius 2 is 1.89 bits per heavy atom. The van der Waals surface area contributed by atoms with Gasteiger partial charge in [0.25, 0.3) is 5.91 Å². The van der Waals surface area contributed by atoms with Gasteiger partial charge in [0.1, 0.15) is 5.58 Å². The van der Waals surface area contributed by atoms with E-state index in [1.807, 2.05) is 67.5 Å². The number of hydrogen-bond donors (Lipinski definition) is 1. The molecule has 0 spiro atoms. The second-order valence-electron chi connectivity index (χ2n) is 6.55. The van der Waals surface area contributed by atoms with Gasteiger partial charge in [-0.3, -0.25) is 4.79 Å². The summed E-state index contributed by atoms with van der Waals surface area (Å²) in [5.41, 5.74) is 2.39. The molecule has 0 aliphatic rings. The van der Waals surface area contributed by atoms with Crippen LogP contribution in [0.1, 0.15) is 27.7 Å². The lowest BCUT2D eigenvalue weighted by Crippen LogP contribution is -2.34. The zero-order chi connectivity index (χ0) is 19.4. The summed E-state index contributed by atoms with van der Waals surface area (Å²) in [7, 11) is 5.51. The number of halogens is 1. The van der Waals surface area contributed by atoms with Crippen molar-refractivity contribution in [2.24, 2.45) is 0 Å². The summed E-state index contributed by atoms with van der Waals surface area (Å²) in [5, 5.41) is 4.54. The third-order valence-corrected chi connectivity index (χ3v) is 4.88. The highest BCUT2D eigenvalue weighted by atomic mass is 35.5. The largest absolute Gasteiger partial charge is 0.451 e.